The number of aromatic nitrogens is 2. The summed E-state index contributed by atoms with van der Waals surface area (Å²) in [4.78, 5) is 28.4. The zero-order valence-corrected chi connectivity index (χ0v) is 12.6. The molecule has 0 aliphatic rings. The molecule has 1 unspecified atom stereocenters. The first-order valence-corrected chi connectivity index (χ1v) is 7.18. The monoisotopic (exact) mass is 291 g/mol. The smallest absolute Gasteiger partial charge is 0.337 e. The van der Waals surface area contributed by atoms with E-state index >= 15 is 0 Å². The van der Waals surface area contributed by atoms with Crippen molar-refractivity contribution in [2.45, 2.75) is 26.8 Å². The summed E-state index contributed by atoms with van der Waals surface area (Å²) in [6.45, 7) is 8.71. The number of fused-ring (bicyclic) bond motifs is 1. The molecule has 0 aliphatic carbocycles. The molecular weight excluding hydrogens is 270 g/mol. The molecule has 0 aliphatic heterocycles. The number of imidazole rings is 1. The Morgan fingerprint density at radius 3 is 2.62 bits per heavy atom. The van der Waals surface area contributed by atoms with Gasteiger partial charge in [0.25, 0.3) is 0 Å². The molecule has 2 aromatic rings. The standard InChI is InChI=1S/C15H21N3O3/c1-4-17(5-2)9-10(3)18-12-8-6-7-11(14(19)20)13(12)16-15(18)21/h6-8,10H,4-5,9H2,1-3H3,(H,16,21)(H,19,20). The number of carboxylic acids is 1. The van der Waals surface area contributed by atoms with Crippen LogP contribution >= 0.6 is 0 Å². The van der Waals surface area contributed by atoms with Crippen molar-refractivity contribution in [1.82, 2.24) is 14.5 Å². The number of carboxylic acid groups (broad SMARTS) is 1. The third kappa shape index (κ3) is 2.85. The zero-order valence-electron chi connectivity index (χ0n) is 12.6. The molecule has 0 radical (unpaired) electrons. The molecule has 0 spiro atoms. The molecule has 21 heavy (non-hydrogen) atoms. The molecular formula is C15H21N3O3. The van der Waals surface area contributed by atoms with Crippen LogP contribution in [0.3, 0.4) is 0 Å². The Labute approximate surface area is 123 Å². The summed E-state index contributed by atoms with van der Waals surface area (Å²) in [5, 5.41) is 9.20. The number of rotatable bonds is 6. The topological polar surface area (TPSA) is 78.3 Å². The zero-order chi connectivity index (χ0) is 15.6. The molecule has 1 aromatic carbocycles. The lowest BCUT2D eigenvalue weighted by Crippen LogP contribution is -2.32. The highest BCUT2D eigenvalue weighted by atomic mass is 16.4. The van der Waals surface area contributed by atoms with Crippen molar-refractivity contribution in [2.24, 2.45) is 0 Å². The van der Waals surface area contributed by atoms with Crippen molar-refractivity contribution in [3.05, 3.63) is 34.2 Å². The van der Waals surface area contributed by atoms with Gasteiger partial charge in [0, 0.05) is 12.6 Å². The van der Waals surface area contributed by atoms with Gasteiger partial charge in [0.1, 0.15) is 0 Å². The first-order valence-electron chi connectivity index (χ1n) is 7.18. The Morgan fingerprint density at radius 2 is 2.05 bits per heavy atom. The van der Waals surface area contributed by atoms with Crippen molar-refractivity contribution in [3.8, 4) is 0 Å². The van der Waals surface area contributed by atoms with E-state index in [1.54, 1.807) is 16.7 Å². The van der Waals surface area contributed by atoms with Gasteiger partial charge in [0.2, 0.25) is 0 Å². The minimum absolute atomic E-state index is 0.0322. The van der Waals surface area contributed by atoms with Crippen molar-refractivity contribution in [2.75, 3.05) is 19.6 Å². The molecule has 0 saturated heterocycles. The Balaban J connectivity index is 2.50. The molecule has 1 atom stereocenters. The highest BCUT2D eigenvalue weighted by Gasteiger charge is 2.18. The van der Waals surface area contributed by atoms with E-state index in [0.29, 0.717) is 11.0 Å². The van der Waals surface area contributed by atoms with Gasteiger partial charge < -0.3 is 15.0 Å². The quantitative estimate of drug-likeness (QED) is 0.852. The van der Waals surface area contributed by atoms with Gasteiger partial charge in [-0.15, -0.1) is 0 Å². The number of benzene rings is 1. The number of aromatic amines is 1. The normalized spacial score (nSPS) is 13.0. The fraction of sp³-hybridized carbons (Fsp3) is 0.467. The lowest BCUT2D eigenvalue weighted by Gasteiger charge is -2.23. The molecule has 0 saturated carbocycles. The molecule has 2 N–H and O–H groups in total. The Hall–Kier alpha value is -2.08. The highest BCUT2D eigenvalue weighted by Crippen LogP contribution is 2.19. The van der Waals surface area contributed by atoms with Gasteiger partial charge in [-0.3, -0.25) is 4.57 Å². The predicted molar refractivity (Wildman–Crippen MR) is 82.0 cm³/mol. The molecule has 0 amide bonds. The summed E-state index contributed by atoms with van der Waals surface area (Å²) in [5.41, 5.74) is 0.887. The van der Waals surface area contributed by atoms with Crippen LogP contribution in [0.4, 0.5) is 0 Å². The summed E-state index contributed by atoms with van der Waals surface area (Å²) in [6.07, 6.45) is 0. The maximum atomic E-state index is 12.2. The lowest BCUT2D eigenvalue weighted by atomic mass is 10.2. The van der Waals surface area contributed by atoms with Crippen LogP contribution in [0, 0.1) is 0 Å². The van der Waals surface area contributed by atoms with Crippen molar-refractivity contribution in [1.29, 1.82) is 0 Å². The number of para-hydroxylation sites is 1. The highest BCUT2D eigenvalue weighted by molar-refractivity contribution is 6.00. The number of likely N-dealkylation sites (N-methyl/N-ethyl adjacent to an activating group) is 1. The summed E-state index contributed by atoms with van der Waals surface area (Å²) >= 11 is 0. The van der Waals surface area contributed by atoms with Gasteiger partial charge in [-0.05, 0) is 32.1 Å². The average molecular weight is 291 g/mol. The van der Waals surface area contributed by atoms with Gasteiger partial charge in [-0.1, -0.05) is 19.9 Å². The number of nitrogens with one attached hydrogen (secondary N) is 1. The third-order valence-electron chi connectivity index (χ3n) is 3.84. The van der Waals surface area contributed by atoms with Crippen LogP contribution in [-0.2, 0) is 0 Å². The maximum Gasteiger partial charge on any atom is 0.337 e. The lowest BCUT2D eigenvalue weighted by molar-refractivity contribution is 0.0699. The van der Waals surface area contributed by atoms with Crippen LogP contribution in [0.2, 0.25) is 0 Å². The van der Waals surface area contributed by atoms with Gasteiger partial charge in [-0.2, -0.15) is 0 Å². The number of H-pyrrole nitrogens is 1. The van der Waals surface area contributed by atoms with Crippen LogP contribution in [0.1, 0.15) is 37.2 Å². The Morgan fingerprint density at radius 1 is 1.38 bits per heavy atom. The average Bonchev–Trinajstić information content (AvgIpc) is 2.79. The molecule has 1 heterocycles. The van der Waals surface area contributed by atoms with Crippen LogP contribution < -0.4 is 5.69 Å². The van der Waals surface area contributed by atoms with E-state index in [-0.39, 0.29) is 17.3 Å². The predicted octanol–water partition coefficient (Wildman–Crippen LogP) is 1.93. The summed E-state index contributed by atoms with van der Waals surface area (Å²) in [6, 6.07) is 4.91. The number of hydrogen-bond acceptors (Lipinski definition) is 3. The van der Waals surface area contributed by atoms with Crippen LogP contribution in [0.25, 0.3) is 11.0 Å². The first kappa shape index (κ1) is 15.3. The molecule has 1 aromatic heterocycles. The van der Waals surface area contributed by atoms with E-state index in [1.807, 2.05) is 6.92 Å². The van der Waals surface area contributed by atoms with Crippen LogP contribution in [-0.4, -0.2) is 45.2 Å². The van der Waals surface area contributed by atoms with Gasteiger partial charge >= 0.3 is 11.7 Å². The van der Waals surface area contributed by atoms with Crippen molar-refractivity contribution in [3.63, 3.8) is 0 Å². The fourth-order valence-corrected chi connectivity index (χ4v) is 2.70. The minimum atomic E-state index is -1.04. The summed E-state index contributed by atoms with van der Waals surface area (Å²) < 4.78 is 1.64. The largest absolute Gasteiger partial charge is 0.478 e. The van der Waals surface area contributed by atoms with E-state index in [2.05, 4.69) is 23.7 Å². The summed E-state index contributed by atoms with van der Waals surface area (Å²) in [7, 11) is 0. The van der Waals surface area contributed by atoms with E-state index in [9.17, 15) is 14.7 Å². The Kier molecular flexibility index (Phi) is 4.47. The van der Waals surface area contributed by atoms with Gasteiger partial charge in [-0.25, -0.2) is 9.59 Å². The second kappa shape index (κ2) is 6.13. The van der Waals surface area contributed by atoms with Crippen LogP contribution in [0.15, 0.2) is 23.0 Å². The molecule has 6 nitrogen and oxygen atoms in total. The second-order valence-corrected chi connectivity index (χ2v) is 5.14. The minimum Gasteiger partial charge on any atom is -0.478 e. The van der Waals surface area contributed by atoms with Crippen molar-refractivity contribution < 1.29 is 9.90 Å². The van der Waals surface area contributed by atoms with Gasteiger partial charge in [0.05, 0.1) is 16.6 Å². The van der Waals surface area contributed by atoms with E-state index in [1.165, 1.54) is 6.07 Å². The third-order valence-corrected chi connectivity index (χ3v) is 3.84. The second-order valence-electron chi connectivity index (χ2n) is 5.14. The molecule has 0 fully saturated rings. The number of aromatic carboxylic acids is 1. The fourth-order valence-electron chi connectivity index (χ4n) is 2.70. The van der Waals surface area contributed by atoms with Gasteiger partial charge in [0.15, 0.2) is 0 Å². The molecule has 6 heteroatoms. The molecule has 114 valence electrons. The number of carbonyl (C=O) groups is 1. The number of nitrogens with zero attached hydrogens (tertiary/aromatic N) is 2. The first-order chi connectivity index (χ1) is 9.99. The SMILES string of the molecule is CCN(CC)CC(C)n1c(=O)[nH]c2c(C(=O)O)cccc21. The van der Waals surface area contributed by atoms with E-state index < -0.39 is 5.97 Å². The van der Waals surface area contributed by atoms with E-state index in [4.69, 9.17) is 0 Å². The maximum absolute atomic E-state index is 12.2. The summed E-state index contributed by atoms with van der Waals surface area (Å²) in [5.74, 6) is -1.04. The Bertz CT molecular complexity index is 698. The van der Waals surface area contributed by atoms with E-state index in [0.717, 1.165) is 19.6 Å². The van der Waals surface area contributed by atoms with Crippen molar-refractivity contribution >= 4 is 17.0 Å². The molecule has 2 rings (SSSR count). The molecule has 0 bridgehead atoms. The van der Waals surface area contributed by atoms with Crippen LogP contribution in [0.5, 0.6) is 0 Å². The number of hydrogen-bond donors (Lipinski definition) is 2.